The van der Waals surface area contributed by atoms with Crippen LogP contribution < -0.4 is 14.8 Å². The predicted octanol–water partition coefficient (Wildman–Crippen LogP) is 3.35. The van der Waals surface area contributed by atoms with E-state index in [4.69, 9.17) is 14.2 Å². The molecule has 5 nitrogen and oxygen atoms in total. The Morgan fingerprint density at radius 3 is 2.32 bits per heavy atom. The van der Waals surface area contributed by atoms with E-state index in [1.165, 1.54) is 0 Å². The lowest BCUT2D eigenvalue weighted by Crippen LogP contribution is -2.40. The summed E-state index contributed by atoms with van der Waals surface area (Å²) in [5, 5.41) is 3.52. The fraction of sp³-hybridized carbons (Fsp3) is 0.478. The van der Waals surface area contributed by atoms with Gasteiger partial charge in [-0.2, -0.15) is 0 Å². The third kappa shape index (κ3) is 7.50. The van der Waals surface area contributed by atoms with Crippen molar-refractivity contribution in [3.05, 3.63) is 60.2 Å². The van der Waals surface area contributed by atoms with Crippen molar-refractivity contribution in [3.8, 4) is 11.5 Å². The van der Waals surface area contributed by atoms with Crippen molar-refractivity contribution in [2.24, 2.45) is 0 Å². The highest BCUT2D eigenvalue weighted by atomic mass is 16.5. The summed E-state index contributed by atoms with van der Waals surface area (Å²) < 4.78 is 17.3. The van der Waals surface area contributed by atoms with E-state index in [-0.39, 0.29) is 0 Å². The second-order valence-electron chi connectivity index (χ2n) is 6.98. The Balaban J connectivity index is 1.27. The number of unbranched alkanes of at least 4 members (excludes halogenated alkanes) is 1. The third-order valence-electron chi connectivity index (χ3n) is 4.80. The van der Waals surface area contributed by atoms with Gasteiger partial charge in [0.25, 0.3) is 0 Å². The second-order valence-corrected chi connectivity index (χ2v) is 6.98. The number of morpholine rings is 1. The number of hydrogen-bond donors (Lipinski definition) is 1. The number of hydrogen-bond acceptors (Lipinski definition) is 5. The normalized spacial score (nSPS) is 14.7. The van der Waals surface area contributed by atoms with E-state index in [2.05, 4.69) is 22.3 Å². The Bertz CT molecular complexity index is 660. The summed E-state index contributed by atoms with van der Waals surface area (Å²) in [7, 11) is 0. The summed E-state index contributed by atoms with van der Waals surface area (Å²) in [4.78, 5) is 2.45. The average Bonchev–Trinajstić information content (AvgIpc) is 2.76. The Labute approximate surface area is 168 Å². The SMILES string of the molecule is c1ccc(COc2ccccc2OCCCCNCCN2CCOCC2)cc1. The molecule has 0 unspecified atom stereocenters. The van der Waals surface area contributed by atoms with Gasteiger partial charge in [0.05, 0.1) is 19.8 Å². The van der Waals surface area contributed by atoms with Crippen molar-refractivity contribution in [2.75, 3.05) is 52.5 Å². The summed E-state index contributed by atoms with van der Waals surface area (Å²) in [6, 6.07) is 18.1. The highest BCUT2D eigenvalue weighted by Crippen LogP contribution is 2.27. The molecule has 1 fully saturated rings. The van der Waals surface area contributed by atoms with Crippen LogP contribution in [0.3, 0.4) is 0 Å². The van der Waals surface area contributed by atoms with Crippen molar-refractivity contribution in [2.45, 2.75) is 19.4 Å². The number of nitrogens with one attached hydrogen (secondary N) is 1. The number of para-hydroxylation sites is 2. The molecular weight excluding hydrogens is 352 g/mol. The predicted molar refractivity (Wildman–Crippen MR) is 112 cm³/mol. The molecule has 1 saturated heterocycles. The second kappa shape index (κ2) is 12.4. The van der Waals surface area contributed by atoms with Gasteiger partial charge in [-0.3, -0.25) is 4.90 Å². The molecule has 0 amide bonds. The Morgan fingerprint density at radius 1 is 0.821 bits per heavy atom. The van der Waals surface area contributed by atoms with Crippen LogP contribution in [-0.2, 0) is 11.3 Å². The van der Waals surface area contributed by atoms with Crippen LogP contribution in [0.5, 0.6) is 11.5 Å². The first-order valence-corrected chi connectivity index (χ1v) is 10.3. The van der Waals surface area contributed by atoms with Gasteiger partial charge >= 0.3 is 0 Å². The Morgan fingerprint density at radius 2 is 1.54 bits per heavy atom. The van der Waals surface area contributed by atoms with Gasteiger partial charge in [-0.1, -0.05) is 42.5 Å². The number of nitrogens with zero attached hydrogens (tertiary/aromatic N) is 1. The first-order chi connectivity index (χ1) is 13.9. The molecule has 2 aromatic rings. The third-order valence-corrected chi connectivity index (χ3v) is 4.80. The minimum absolute atomic E-state index is 0.550. The zero-order chi connectivity index (χ0) is 19.3. The molecule has 5 heteroatoms. The van der Waals surface area contributed by atoms with Gasteiger partial charge in [0.1, 0.15) is 6.61 Å². The Hall–Kier alpha value is -2.08. The average molecular weight is 385 g/mol. The molecule has 0 radical (unpaired) electrons. The molecule has 0 aromatic heterocycles. The van der Waals surface area contributed by atoms with Crippen molar-refractivity contribution in [3.63, 3.8) is 0 Å². The lowest BCUT2D eigenvalue weighted by molar-refractivity contribution is 0.0384. The molecule has 1 N–H and O–H groups in total. The smallest absolute Gasteiger partial charge is 0.161 e. The first-order valence-electron chi connectivity index (χ1n) is 10.3. The topological polar surface area (TPSA) is 43.0 Å². The van der Waals surface area contributed by atoms with E-state index in [9.17, 15) is 0 Å². The van der Waals surface area contributed by atoms with Gasteiger partial charge in [0.2, 0.25) is 0 Å². The quantitative estimate of drug-likeness (QED) is 0.569. The van der Waals surface area contributed by atoms with E-state index >= 15 is 0 Å². The van der Waals surface area contributed by atoms with Crippen molar-refractivity contribution < 1.29 is 14.2 Å². The zero-order valence-electron chi connectivity index (χ0n) is 16.6. The maximum Gasteiger partial charge on any atom is 0.161 e. The van der Waals surface area contributed by atoms with Gasteiger partial charge in [-0.05, 0) is 37.1 Å². The molecule has 1 heterocycles. The lowest BCUT2D eigenvalue weighted by Gasteiger charge is -2.26. The van der Waals surface area contributed by atoms with Crippen molar-refractivity contribution >= 4 is 0 Å². The van der Waals surface area contributed by atoms with Crippen LogP contribution >= 0.6 is 0 Å². The molecule has 28 heavy (non-hydrogen) atoms. The standard InChI is InChI=1S/C23H32N2O3/c1-2-8-21(9-3-1)20-28-23-11-5-4-10-22(23)27-17-7-6-12-24-13-14-25-15-18-26-19-16-25/h1-5,8-11,24H,6-7,12-20H2. The van der Waals surface area contributed by atoms with E-state index in [0.29, 0.717) is 13.2 Å². The largest absolute Gasteiger partial charge is 0.490 e. The van der Waals surface area contributed by atoms with Crippen molar-refractivity contribution in [1.29, 1.82) is 0 Å². The van der Waals surface area contributed by atoms with E-state index in [0.717, 1.165) is 75.8 Å². The van der Waals surface area contributed by atoms with Gasteiger partial charge in [0.15, 0.2) is 11.5 Å². The lowest BCUT2D eigenvalue weighted by atomic mass is 10.2. The van der Waals surface area contributed by atoms with Crippen molar-refractivity contribution in [1.82, 2.24) is 10.2 Å². The van der Waals surface area contributed by atoms with Gasteiger partial charge < -0.3 is 19.5 Å². The van der Waals surface area contributed by atoms with E-state index < -0.39 is 0 Å². The highest BCUT2D eigenvalue weighted by molar-refractivity contribution is 5.39. The fourth-order valence-corrected chi connectivity index (χ4v) is 3.15. The summed E-state index contributed by atoms with van der Waals surface area (Å²) in [5.74, 6) is 1.62. The van der Waals surface area contributed by atoms with Crippen LogP contribution in [0.2, 0.25) is 0 Å². The number of rotatable bonds is 12. The van der Waals surface area contributed by atoms with Crippen LogP contribution in [0.25, 0.3) is 0 Å². The molecule has 0 saturated carbocycles. The molecule has 0 bridgehead atoms. The molecule has 1 aliphatic heterocycles. The van der Waals surface area contributed by atoms with E-state index in [1.807, 2.05) is 42.5 Å². The van der Waals surface area contributed by atoms with Crippen LogP contribution in [0.4, 0.5) is 0 Å². The van der Waals surface area contributed by atoms with Crippen LogP contribution in [0.15, 0.2) is 54.6 Å². The molecule has 0 spiro atoms. The van der Waals surface area contributed by atoms with Gasteiger partial charge in [-0.25, -0.2) is 0 Å². The molecule has 0 aliphatic carbocycles. The minimum atomic E-state index is 0.550. The minimum Gasteiger partial charge on any atom is -0.490 e. The fourth-order valence-electron chi connectivity index (χ4n) is 3.15. The maximum atomic E-state index is 5.95. The van der Waals surface area contributed by atoms with Crippen LogP contribution in [-0.4, -0.2) is 57.4 Å². The highest BCUT2D eigenvalue weighted by Gasteiger charge is 2.09. The number of ether oxygens (including phenoxy) is 3. The monoisotopic (exact) mass is 384 g/mol. The van der Waals surface area contributed by atoms with E-state index in [1.54, 1.807) is 0 Å². The summed E-state index contributed by atoms with van der Waals surface area (Å²) in [5.41, 5.74) is 1.15. The van der Waals surface area contributed by atoms with Gasteiger partial charge in [0, 0.05) is 26.2 Å². The van der Waals surface area contributed by atoms with Crippen LogP contribution in [0.1, 0.15) is 18.4 Å². The molecule has 1 aliphatic rings. The Kier molecular flexibility index (Phi) is 9.14. The maximum absolute atomic E-state index is 5.95. The zero-order valence-corrected chi connectivity index (χ0v) is 16.6. The number of benzene rings is 2. The molecule has 0 atom stereocenters. The summed E-state index contributed by atoms with van der Waals surface area (Å²) in [6.45, 7) is 8.28. The van der Waals surface area contributed by atoms with Crippen LogP contribution in [0, 0.1) is 0 Å². The summed E-state index contributed by atoms with van der Waals surface area (Å²) in [6.07, 6.45) is 2.13. The molecular formula is C23H32N2O3. The molecule has 3 rings (SSSR count). The van der Waals surface area contributed by atoms with Gasteiger partial charge in [-0.15, -0.1) is 0 Å². The first kappa shape index (κ1) is 20.6. The molecule has 2 aromatic carbocycles. The molecule has 152 valence electrons. The summed E-state index contributed by atoms with van der Waals surface area (Å²) >= 11 is 0.